The van der Waals surface area contributed by atoms with Crippen molar-refractivity contribution in [1.29, 1.82) is 0 Å². The molecule has 1 aromatic rings. The molecule has 0 heterocycles. The van der Waals surface area contributed by atoms with Crippen molar-refractivity contribution in [3.05, 3.63) is 22.2 Å². The number of carbonyl (C=O) groups excluding carboxylic acids is 1. The number of nitrogen functional groups attached to an aromatic ring is 1. The molecule has 0 aliphatic rings. The number of anilines is 2. The third kappa shape index (κ3) is 4.62. The first-order chi connectivity index (χ1) is 8.99. The topological polar surface area (TPSA) is 64.3 Å². The molecule has 1 rings (SSSR count). The van der Waals surface area contributed by atoms with E-state index in [0.717, 1.165) is 22.5 Å². The van der Waals surface area contributed by atoms with Gasteiger partial charge in [-0.3, -0.25) is 0 Å². The lowest BCUT2D eigenvalue weighted by Crippen LogP contribution is -2.14. The average Bonchev–Trinajstić information content (AvgIpc) is 2.37. The van der Waals surface area contributed by atoms with Gasteiger partial charge in [-0.2, -0.15) is 11.8 Å². The highest BCUT2D eigenvalue weighted by molar-refractivity contribution is 9.10. The van der Waals surface area contributed by atoms with E-state index in [1.807, 2.05) is 11.8 Å². The summed E-state index contributed by atoms with van der Waals surface area (Å²) in [5, 5.41) is 3.32. The van der Waals surface area contributed by atoms with E-state index >= 15 is 0 Å². The van der Waals surface area contributed by atoms with Crippen molar-refractivity contribution in [2.45, 2.75) is 6.92 Å². The molecule has 0 spiro atoms. The van der Waals surface area contributed by atoms with Crippen molar-refractivity contribution < 1.29 is 9.53 Å². The van der Waals surface area contributed by atoms with Gasteiger partial charge in [0, 0.05) is 22.4 Å². The van der Waals surface area contributed by atoms with Crippen LogP contribution in [-0.4, -0.2) is 31.6 Å². The van der Waals surface area contributed by atoms with Crippen molar-refractivity contribution in [2.24, 2.45) is 5.92 Å². The first-order valence-corrected chi connectivity index (χ1v) is 8.08. The number of rotatable bonds is 6. The summed E-state index contributed by atoms with van der Waals surface area (Å²) in [4.78, 5) is 11.6. The quantitative estimate of drug-likeness (QED) is 0.611. The fourth-order valence-corrected chi connectivity index (χ4v) is 2.83. The van der Waals surface area contributed by atoms with E-state index in [4.69, 9.17) is 10.5 Å². The summed E-state index contributed by atoms with van der Waals surface area (Å²) in [7, 11) is 1.34. The molecule has 0 fully saturated rings. The Morgan fingerprint density at radius 3 is 2.84 bits per heavy atom. The molecule has 0 bridgehead atoms. The first kappa shape index (κ1) is 16.2. The number of carbonyl (C=O) groups is 1. The van der Waals surface area contributed by atoms with Gasteiger partial charge in [0.15, 0.2) is 0 Å². The highest BCUT2D eigenvalue weighted by Crippen LogP contribution is 2.29. The van der Waals surface area contributed by atoms with Gasteiger partial charge in [-0.1, -0.05) is 6.92 Å². The van der Waals surface area contributed by atoms with Gasteiger partial charge in [0.25, 0.3) is 0 Å². The first-order valence-electron chi connectivity index (χ1n) is 5.89. The zero-order valence-corrected chi connectivity index (χ0v) is 13.7. The molecule has 0 saturated heterocycles. The Bertz CT molecular complexity index is 455. The van der Waals surface area contributed by atoms with Gasteiger partial charge >= 0.3 is 5.97 Å². The van der Waals surface area contributed by atoms with Crippen LogP contribution >= 0.6 is 27.7 Å². The molecule has 19 heavy (non-hydrogen) atoms. The summed E-state index contributed by atoms with van der Waals surface area (Å²) in [6.07, 6.45) is 2.09. The summed E-state index contributed by atoms with van der Waals surface area (Å²) in [5.74, 6) is 1.20. The maximum Gasteiger partial charge on any atom is 0.340 e. The monoisotopic (exact) mass is 346 g/mol. The number of esters is 1. The third-order valence-corrected chi connectivity index (χ3v) is 4.20. The molecule has 4 nitrogen and oxygen atoms in total. The maximum absolute atomic E-state index is 11.6. The second kappa shape index (κ2) is 7.65. The number of methoxy groups -OCH3 is 1. The number of halogens is 1. The Labute approximate surface area is 126 Å². The lowest BCUT2D eigenvalue weighted by atomic mass is 10.1. The zero-order valence-electron chi connectivity index (χ0n) is 11.3. The van der Waals surface area contributed by atoms with E-state index in [-0.39, 0.29) is 0 Å². The van der Waals surface area contributed by atoms with Gasteiger partial charge in [0.1, 0.15) is 0 Å². The number of nitrogens with two attached hydrogens (primary N) is 1. The predicted octanol–water partition coefficient (Wildman–Crippen LogP) is 3.23. The van der Waals surface area contributed by atoms with E-state index in [1.165, 1.54) is 7.11 Å². The second-order valence-electron chi connectivity index (χ2n) is 4.35. The zero-order chi connectivity index (χ0) is 14.4. The molecule has 0 radical (unpaired) electrons. The molecule has 3 N–H and O–H groups in total. The minimum absolute atomic E-state index is 0.380. The highest BCUT2D eigenvalue weighted by Gasteiger charge is 2.14. The fraction of sp³-hybridized carbons (Fsp3) is 0.462. The van der Waals surface area contributed by atoms with Gasteiger partial charge in [-0.05, 0) is 46.0 Å². The molecule has 1 atom stereocenters. The van der Waals surface area contributed by atoms with E-state index < -0.39 is 5.97 Å². The Morgan fingerprint density at radius 1 is 1.58 bits per heavy atom. The Morgan fingerprint density at radius 2 is 2.26 bits per heavy atom. The van der Waals surface area contributed by atoms with Crippen molar-refractivity contribution in [3.8, 4) is 0 Å². The fourth-order valence-electron chi connectivity index (χ4n) is 1.64. The molecular weight excluding hydrogens is 328 g/mol. The van der Waals surface area contributed by atoms with Crippen LogP contribution in [0.1, 0.15) is 17.3 Å². The number of hydrogen-bond donors (Lipinski definition) is 2. The number of nitrogens with one attached hydrogen (secondary N) is 1. The van der Waals surface area contributed by atoms with Gasteiger partial charge < -0.3 is 15.8 Å². The highest BCUT2D eigenvalue weighted by atomic mass is 79.9. The number of thioether (sulfide) groups is 1. The SMILES string of the molecule is COC(=O)c1cc(NCC(C)CSC)c(Br)cc1N. The van der Waals surface area contributed by atoms with Crippen LogP contribution in [0.4, 0.5) is 11.4 Å². The molecule has 0 saturated carbocycles. The lowest BCUT2D eigenvalue weighted by molar-refractivity contribution is 0.0602. The van der Waals surface area contributed by atoms with E-state index in [2.05, 4.69) is 34.4 Å². The number of benzene rings is 1. The molecule has 6 heteroatoms. The Balaban J connectivity index is 2.86. The van der Waals surface area contributed by atoms with Crippen LogP contribution in [0.25, 0.3) is 0 Å². The largest absolute Gasteiger partial charge is 0.465 e. The Hall–Kier alpha value is -0.880. The van der Waals surface area contributed by atoms with Gasteiger partial charge in [0.2, 0.25) is 0 Å². The molecule has 1 aromatic carbocycles. The van der Waals surface area contributed by atoms with Crippen LogP contribution in [0.2, 0.25) is 0 Å². The minimum Gasteiger partial charge on any atom is -0.465 e. The summed E-state index contributed by atoms with van der Waals surface area (Å²) < 4.78 is 5.55. The molecule has 106 valence electrons. The summed E-state index contributed by atoms with van der Waals surface area (Å²) in [6, 6.07) is 3.44. The molecule has 0 aromatic heterocycles. The third-order valence-electron chi connectivity index (χ3n) is 2.64. The van der Waals surface area contributed by atoms with Crippen LogP contribution in [0.15, 0.2) is 16.6 Å². The number of ether oxygens (including phenoxy) is 1. The molecule has 0 aliphatic carbocycles. The normalized spacial score (nSPS) is 12.0. The average molecular weight is 347 g/mol. The second-order valence-corrected chi connectivity index (χ2v) is 6.12. The lowest BCUT2D eigenvalue weighted by Gasteiger charge is -2.15. The molecule has 0 amide bonds. The predicted molar refractivity (Wildman–Crippen MR) is 85.9 cm³/mol. The van der Waals surface area contributed by atoms with Crippen LogP contribution in [0.5, 0.6) is 0 Å². The van der Waals surface area contributed by atoms with Crippen LogP contribution in [-0.2, 0) is 4.74 Å². The van der Waals surface area contributed by atoms with Gasteiger partial charge in [0.05, 0.1) is 12.7 Å². The van der Waals surface area contributed by atoms with Gasteiger partial charge in [-0.15, -0.1) is 0 Å². The van der Waals surface area contributed by atoms with Crippen molar-refractivity contribution >= 4 is 45.0 Å². The van der Waals surface area contributed by atoms with E-state index in [9.17, 15) is 4.79 Å². The van der Waals surface area contributed by atoms with E-state index in [0.29, 0.717) is 17.2 Å². The van der Waals surface area contributed by atoms with Crippen LogP contribution in [0, 0.1) is 5.92 Å². The van der Waals surface area contributed by atoms with Crippen molar-refractivity contribution in [1.82, 2.24) is 0 Å². The minimum atomic E-state index is -0.426. The van der Waals surface area contributed by atoms with Crippen LogP contribution < -0.4 is 11.1 Å². The van der Waals surface area contributed by atoms with Crippen molar-refractivity contribution in [3.63, 3.8) is 0 Å². The summed E-state index contributed by atoms with van der Waals surface area (Å²) in [6.45, 7) is 3.01. The van der Waals surface area contributed by atoms with Crippen LogP contribution in [0.3, 0.4) is 0 Å². The Kier molecular flexibility index (Phi) is 6.51. The molecule has 0 aliphatic heterocycles. The molecular formula is C13H19BrN2O2S. The van der Waals surface area contributed by atoms with Gasteiger partial charge in [-0.25, -0.2) is 4.79 Å². The smallest absolute Gasteiger partial charge is 0.340 e. The summed E-state index contributed by atoms with van der Waals surface area (Å²) >= 11 is 5.26. The van der Waals surface area contributed by atoms with Crippen molar-refractivity contribution in [2.75, 3.05) is 36.7 Å². The summed E-state index contributed by atoms with van der Waals surface area (Å²) in [5.41, 5.74) is 7.44. The maximum atomic E-state index is 11.6. The number of hydrogen-bond acceptors (Lipinski definition) is 5. The standard InChI is InChI=1S/C13H19BrN2O2S/c1-8(7-19-3)6-16-12-4-9(13(17)18-2)11(15)5-10(12)14/h4-5,8,16H,6-7,15H2,1-3H3. The molecule has 1 unspecified atom stereocenters. The van der Waals surface area contributed by atoms with E-state index in [1.54, 1.807) is 12.1 Å².